The molecule has 3 heterocycles. The van der Waals surface area contributed by atoms with Gasteiger partial charge < -0.3 is 29.6 Å². The monoisotopic (exact) mass is 588 g/mol. The molecule has 6 atom stereocenters. The van der Waals surface area contributed by atoms with Gasteiger partial charge in [0.2, 0.25) is 5.75 Å². The Morgan fingerprint density at radius 2 is 2.08 bits per heavy atom. The summed E-state index contributed by atoms with van der Waals surface area (Å²) >= 11 is 0.895. The molecule has 2 aromatic rings. The van der Waals surface area contributed by atoms with Crippen LogP contribution in [0, 0.1) is 0 Å². The number of rotatable bonds is 10. The van der Waals surface area contributed by atoms with E-state index >= 15 is 4.39 Å². The summed E-state index contributed by atoms with van der Waals surface area (Å²) in [7, 11) is -4.38. The number of anilines is 1. The molecule has 4 rings (SSSR count). The Kier molecular flexibility index (Phi) is 9.07. The molecule has 2 aliphatic rings. The van der Waals surface area contributed by atoms with Crippen molar-refractivity contribution >= 4 is 31.3 Å². The maximum absolute atomic E-state index is 15.0. The molecule has 0 spiro atoms. The zero-order valence-electron chi connectivity index (χ0n) is 21.4. The van der Waals surface area contributed by atoms with Crippen LogP contribution in [0.5, 0.6) is 17.2 Å². The highest BCUT2D eigenvalue weighted by atomic mass is 32.2. The summed E-state index contributed by atoms with van der Waals surface area (Å²) in [6.45, 7) is 4.81. The van der Waals surface area contributed by atoms with Gasteiger partial charge in [-0.15, -0.1) is 11.8 Å². The van der Waals surface area contributed by atoms with Crippen molar-refractivity contribution in [1.29, 1.82) is 0 Å². The smallest absolute Gasteiger partial charge is 0.459 e. The van der Waals surface area contributed by atoms with Crippen LogP contribution in [-0.2, 0) is 18.6 Å². The summed E-state index contributed by atoms with van der Waals surface area (Å²) in [4.78, 5) is 28.2. The fourth-order valence-corrected chi connectivity index (χ4v) is 6.86. The van der Waals surface area contributed by atoms with E-state index in [4.69, 9.17) is 29.0 Å². The average molecular weight is 589 g/mol. The van der Waals surface area contributed by atoms with Gasteiger partial charge >= 0.3 is 19.4 Å². The first kappa shape index (κ1) is 29.2. The topological polar surface area (TPSA) is 173 Å². The molecule has 0 radical (unpaired) electrons. The quantitative estimate of drug-likeness (QED) is 0.272. The fourth-order valence-electron chi connectivity index (χ4n) is 3.82. The molecule has 1 aromatic heterocycles. The molecule has 1 saturated heterocycles. The zero-order chi connectivity index (χ0) is 28.3. The summed E-state index contributed by atoms with van der Waals surface area (Å²) in [6.07, 6.45) is -2.60. The number of hydrogen-bond donors (Lipinski definition) is 3. The minimum absolute atomic E-state index is 0.0211. The highest BCUT2D eigenvalue weighted by molar-refractivity contribution is 8.00. The maximum Gasteiger partial charge on any atom is 0.459 e. The zero-order valence-corrected chi connectivity index (χ0v) is 23.1. The van der Waals surface area contributed by atoms with E-state index in [2.05, 4.69) is 10.1 Å². The van der Waals surface area contributed by atoms with Gasteiger partial charge in [0.25, 0.3) is 0 Å². The van der Waals surface area contributed by atoms with Crippen molar-refractivity contribution < 1.29 is 42.1 Å². The molecule has 1 aromatic carbocycles. The normalized spacial score (nSPS) is 24.7. The number of benzene rings is 1. The Balaban J connectivity index is 1.54. The first-order valence-electron chi connectivity index (χ1n) is 12.1. The second-order valence-corrected chi connectivity index (χ2v) is 12.1. The number of aromatic nitrogens is 2. The number of nitrogen functional groups attached to an aromatic ring is 1. The third kappa shape index (κ3) is 6.84. The summed E-state index contributed by atoms with van der Waals surface area (Å²) in [6, 6.07) is 4.93. The minimum Gasteiger partial charge on any atom is -0.486 e. The Labute approximate surface area is 227 Å². The van der Waals surface area contributed by atoms with Gasteiger partial charge in [-0.1, -0.05) is 6.07 Å². The molecule has 0 amide bonds. The number of esters is 1. The van der Waals surface area contributed by atoms with Gasteiger partial charge in [0.05, 0.1) is 18.0 Å². The maximum atomic E-state index is 15.0. The van der Waals surface area contributed by atoms with E-state index in [1.807, 2.05) is 0 Å². The van der Waals surface area contributed by atoms with Crippen molar-refractivity contribution in [2.24, 2.45) is 0 Å². The van der Waals surface area contributed by atoms with E-state index in [1.54, 1.807) is 26.0 Å². The summed E-state index contributed by atoms with van der Waals surface area (Å²) in [5.41, 5.74) is 4.72. The number of carbonyl (C=O) groups is 1. The highest BCUT2D eigenvalue weighted by Crippen LogP contribution is 2.52. The fraction of sp³-hybridized carbons (Fsp3) is 0.522. The van der Waals surface area contributed by atoms with Crippen LogP contribution in [0.3, 0.4) is 0 Å². The van der Waals surface area contributed by atoms with E-state index in [0.717, 1.165) is 16.3 Å². The Hall–Kier alpha value is -2.84. The molecule has 2 aliphatic heterocycles. The van der Waals surface area contributed by atoms with Crippen LogP contribution < -0.4 is 30.5 Å². The van der Waals surface area contributed by atoms with E-state index in [1.165, 1.54) is 25.3 Å². The van der Waals surface area contributed by atoms with Crippen LogP contribution >= 0.6 is 19.5 Å². The molecule has 0 aliphatic carbocycles. The number of thioether (sulfide) groups is 1. The van der Waals surface area contributed by atoms with Crippen LogP contribution in [0.25, 0.3) is 0 Å². The van der Waals surface area contributed by atoms with Gasteiger partial charge in [-0.25, -0.2) is 13.8 Å². The molecular formula is C23H30FN4O9PS. The van der Waals surface area contributed by atoms with Crippen molar-refractivity contribution in [3.05, 3.63) is 40.9 Å². The van der Waals surface area contributed by atoms with Crippen LogP contribution in [0.1, 0.15) is 26.1 Å². The van der Waals surface area contributed by atoms with Gasteiger partial charge in [-0.2, -0.15) is 10.1 Å². The number of hydrogen-bond acceptors (Lipinski definition) is 12. The number of para-hydroxylation sites is 1. The molecule has 1 fully saturated rings. The number of alkyl halides is 1. The van der Waals surface area contributed by atoms with Gasteiger partial charge in [-0.3, -0.25) is 13.9 Å². The Morgan fingerprint density at radius 3 is 2.79 bits per heavy atom. The standard InChI is InChI=1S/C23H30FN4O9PS/c1-12(2)36-22(30)13(3)27-38(32,37-15-6-4-5-14-20(15)34-10-9-33-14)35-11-16-19(29)18(24)21(39-16)28-8-7-17(25)26-23(28)31/h4-8,12-13,16,18-19,21,29H,9-11H2,1-3H3,(H,27,32)(H2,25,26,31)/t13?,16-,18+,19-,21-,38?/m1/s1. The number of ether oxygens (including phenoxy) is 3. The molecule has 16 heteroatoms. The Morgan fingerprint density at radius 1 is 1.33 bits per heavy atom. The number of nitrogens with one attached hydrogen (secondary N) is 1. The molecule has 0 saturated carbocycles. The summed E-state index contributed by atoms with van der Waals surface area (Å²) in [5.74, 6) is -0.151. The molecular weight excluding hydrogens is 558 g/mol. The average Bonchev–Trinajstić information content (AvgIpc) is 3.16. The van der Waals surface area contributed by atoms with E-state index < -0.39 is 61.1 Å². The van der Waals surface area contributed by atoms with Gasteiger partial charge in [0.1, 0.15) is 36.6 Å². The van der Waals surface area contributed by atoms with Crippen LogP contribution in [0.4, 0.5) is 10.2 Å². The van der Waals surface area contributed by atoms with E-state index in [-0.39, 0.29) is 23.9 Å². The van der Waals surface area contributed by atoms with Crippen molar-refractivity contribution in [2.45, 2.75) is 55.8 Å². The lowest BCUT2D eigenvalue weighted by Crippen LogP contribution is -2.37. The van der Waals surface area contributed by atoms with Gasteiger partial charge in [-0.05, 0) is 39.0 Å². The number of carbonyl (C=O) groups excluding carboxylic acids is 1. The summed E-state index contributed by atoms with van der Waals surface area (Å²) in [5, 5.41) is 11.0. The van der Waals surface area contributed by atoms with Crippen LogP contribution in [0.15, 0.2) is 35.3 Å². The third-order valence-electron chi connectivity index (χ3n) is 5.63. The number of aliphatic hydroxyl groups is 1. The second kappa shape index (κ2) is 12.1. The van der Waals surface area contributed by atoms with Gasteiger partial charge in [0, 0.05) is 6.20 Å². The molecule has 13 nitrogen and oxygen atoms in total. The Bertz CT molecular complexity index is 1300. The largest absolute Gasteiger partial charge is 0.486 e. The van der Waals surface area contributed by atoms with Crippen molar-refractivity contribution in [2.75, 3.05) is 25.6 Å². The lowest BCUT2D eigenvalue weighted by atomic mass is 10.1. The van der Waals surface area contributed by atoms with Crippen molar-refractivity contribution in [3.8, 4) is 17.2 Å². The van der Waals surface area contributed by atoms with Crippen molar-refractivity contribution in [3.63, 3.8) is 0 Å². The van der Waals surface area contributed by atoms with E-state index in [0.29, 0.717) is 12.4 Å². The van der Waals surface area contributed by atoms with Gasteiger partial charge in [0.15, 0.2) is 17.7 Å². The predicted molar refractivity (Wildman–Crippen MR) is 140 cm³/mol. The third-order valence-corrected chi connectivity index (χ3v) is 8.79. The highest BCUT2D eigenvalue weighted by Gasteiger charge is 2.47. The second-order valence-electron chi connectivity index (χ2n) is 9.04. The van der Waals surface area contributed by atoms with Crippen LogP contribution in [0.2, 0.25) is 0 Å². The van der Waals surface area contributed by atoms with E-state index in [9.17, 15) is 19.3 Å². The van der Waals surface area contributed by atoms with Crippen LogP contribution in [-0.4, -0.2) is 70.1 Å². The van der Waals surface area contributed by atoms with Crippen molar-refractivity contribution in [1.82, 2.24) is 14.6 Å². The summed E-state index contributed by atoms with van der Waals surface area (Å²) < 4.78 is 57.7. The molecule has 2 unspecified atom stereocenters. The lowest BCUT2D eigenvalue weighted by Gasteiger charge is -2.27. The lowest BCUT2D eigenvalue weighted by molar-refractivity contribution is -0.149. The molecule has 4 N–H and O–H groups in total. The SMILES string of the molecule is CC(C)OC(=O)C(C)NP(=O)(OC[C@H]1S[C@@H](n2ccc(N)nc2=O)[C@@H](F)[C@@H]1O)Oc1cccc2c1OCCO2. The number of nitrogens with two attached hydrogens (primary N) is 1. The first-order chi connectivity index (χ1) is 18.5. The predicted octanol–water partition coefficient (Wildman–Crippen LogP) is 2.04. The number of nitrogens with zero attached hydrogens (tertiary/aromatic N) is 2. The first-order valence-corrected chi connectivity index (χ1v) is 14.6. The number of fused-ring (bicyclic) bond motifs is 1. The molecule has 0 bridgehead atoms. The molecule has 214 valence electrons. The number of halogens is 1. The molecule has 39 heavy (non-hydrogen) atoms. The number of aliphatic hydroxyl groups excluding tert-OH is 1. The minimum atomic E-state index is -4.38.